The Labute approximate surface area is 115 Å². The van der Waals surface area contributed by atoms with E-state index in [9.17, 15) is 0 Å². The minimum Gasteiger partial charge on any atom is -0.464 e. The van der Waals surface area contributed by atoms with Gasteiger partial charge in [-0.2, -0.15) is 5.26 Å². The number of hydrogen-bond acceptors (Lipinski definition) is 3. The van der Waals surface area contributed by atoms with Crippen molar-refractivity contribution in [3.05, 3.63) is 54.3 Å². The third-order valence-electron chi connectivity index (χ3n) is 3.10. The average Bonchev–Trinajstić information content (AvgIpc) is 2.90. The quantitative estimate of drug-likeness (QED) is 0.630. The Balaban J connectivity index is 2.16. The number of nitrogens with zero attached hydrogens (tertiary/aromatic N) is 1. The Morgan fingerprint density at radius 3 is 2.58 bits per heavy atom. The predicted molar refractivity (Wildman–Crippen MR) is 78.1 cm³/mol. The maximum Gasteiger partial charge on any atom is 0.134 e. The number of benzene rings is 2. The molecule has 0 fully saturated rings. The van der Waals surface area contributed by atoms with Crippen LogP contribution in [0.4, 0.5) is 0 Å². The number of furan rings is 1. The predicted octanol–water partition coefficient (Wildman–Crippen LogP) is 4.69. The first-order chi connectivity index (χ1) is 9.31. The first-order valence-electron chi connectivity index (χ1n) is 5.87. The van der Waals surface area contributed by atoms with Gasteiger partial charge in [0, 0.05) is 15.8 Å². The molecule has 0 saturated heterocycles. The largest absolute Gasteiger partial charge is 0.464 e. The molecule has 92 valence electrons. The van der Waals surface area contributed by atoms with Crippen LogP contribution in [0.1, 0.15) is 5.56 Å². The zero-order chi connectivity index (χ0) is 13.2. The molecule has 0 aliphatic rings. The fourth-order valence-corrected chi connectivity index (χ4v) is 2.50. The summed E-state index contributed by atoms with van der Waals surface area (Å²) in [6.07, 6.45) is 3.81. The molecular formula is C16H11NOS. The lowest BCUT2D eigenvalue weighted by Crippen LogP contribution is -1.78. The zero-order valence-corrected chi connectivity index (χ0v) is 11.2. The van der Waals surface area contributed by atoms with E-state index >= 15 is 0 Å². The standard InChI is InChI=1S/C16H11NOS/c1-19-13-5-3-12(4-6-13)15-10-18-16-7-2-11(9-17)8-14(15)16/h2-8,10H,1H3. The van der Waals surface area contributed by atoms with E-state index in [2.05, 4.69) is 36.6 Å². The van der Waals surface area contributed by atoms with Crippen LogP contribution in [0.5, 0.6) is 0 Å². The van der Waals surface area contributed by atoms with Gasteiger partial charge >= 0.3 is 0 Å². The van der Waals surface area contributed by atoms with Crippen LogP contribution in [0.25, 0.3) is 22.1 Å². The second kappa shape index (κ2) is 4.83. The molecule has 3 rings (SSSR count). The van der Waals surface area contributed by atoms with Crippen LogP contribution >= 0.6 is 11.8 Å². The van der Waals surface area contributed by atoms with Crippen LogP contribution in [0, 0.1) is 11.3 Å². The van der Waals surface area contributed by atoms with Gasteiger partial charge in [0.25, 0.3) is 0 Å². The maximum absolute atomic E-state index is 8.98. The van der Waals surface area contributed by atoms with Gasteiger partial charge in [-0.3, -0.25) is 0 Å². The van der Waals surface area contributed by atoms with Crippen molar-refractivity contribution in [3.63, 3.8) is 0 Å². The molecule has 1 aromatic heterocycles. The fourth-order valence-electron chi connectivity index (χ4n) is 2.09. The van der Waals surface area contributed by atoms with Crippen LogP contribution in [0.3, 0.4) is 0 Å². The summed E-state index contributed by atoms with van der Waals surface area (Å²) < 4.78 is 5.54. The third kappa shape index (κ3) is 2.11. The van der Waals surface area contributed by atoms with Crippen LogP contribution in [0.2, 0.25) is 0 Å². The van der Waals surface area contributed by atoms with Gasteiger partial charge in [0.1, 0.15) is 5.58 Å². The lowest BCUT2D eigenvalue weighted by molar-refractivity contribution is 0.617. The monoisotopic (exact) mass is 265 g/mol. The van der Waals surface area contributed by atoms with Crippen molar-refractivity contribution in [2.24, 2.45) is 0 Å². The van der Waals surface area contributed by atoms with Crippen LogP contribution < -0.4 is 0 Å². The summed E-state index contributed by atoms with van der Waals surface area (Å²) in [6, 6.07) is 16.0. The lowest BCUT2D eigenvalue weighted by atomic mass is 10.0. The highest BCUT2D eigenvalue weighted by molar-refractivity contribution is 7.98. The third-order valence-corrected chi connectivity index (χ3v) is 3.85. The molecule has 0 atom stereocenters. The summed E-state index contributed by atoms with van der Waals surface area (Å²) in [5.41, 5.74) is 3.59. The minimum atomic E-state index is 0.649. The molecule has 0 radical (unpaired) electrons. The van der Waals surface area contributed by atoms with Gasteiger partial charge in [-0.1, -0.05) is 12.1 Å². The molecule has 2 aromatic carbocycles. The SMILES string of the molecule is CSc1ccc(-c2coc3ccc(C#N)cc23)cc1. The normalized spacial score (nSPS) is 10.5. The summed E-state index contributed by atoms with van der Waals surface area (Å²) in [6.45, 7) is 0. The van der Waals surface area contributed by atoms with E-state index in [-0.39, 0.29) is 0 Å². The molecule has 3 heteroatoms. The van der Waals surface area contributed by atoms with Crippen molar-refractivity contribution >= 4 is 22.7 Å². The first kappa shape index (κ1) is 11.9. The van der Waals surface area contributed by atoms with Crippen molar-refractivity contribution in [3.8, 4) is 17.2 Å². The molecule has 2 nitrogen and oxygen atoms in total. The van der Waals surface area contributed by atoms with E-state index in [0.717, 1.165) is 22.1 Å². The van der Waals surface area contributed by atoms with Gasteiger partial charge < -0.3 is 4.42 Å². The average molecular weight is 265 g/mol. The Hall–Kier alpha value is -2.18. The van der Waals surface area contributed by atoms with E-state index in [1.165, 1.54) is 4.90 Å². The summed E-state index contributed by atoms with van der Waals surface area (Å²) in [5, 5.41) is 9.96. The second-order valence-corrected chi connectivity index (χ2v) is 5.08. The first-order valence-corrected chi connectivity index (χ1v) is 7.10. The van der Waals surface area contributed by atoms with Crippen LogP contribution in [0.15, 0.2) is 58.0 Å². The highest BCUT2D eigenvalue weighted by atomic mass is 32.2. The summed E-state index contributed by atoms with van der Waals surface area (Å²) >= 11 is 1.72. The van der Waals surface area contributed by atoms with E-state index in [0.29, 0.717) is 5.56 Å². The zero-order valence-electron chi connectivity index (χ0n) is 10.4. The van der Waals surface area contributed by atoms with Crippen LogP contribution in [-0.4, -0.2) is 6.26 Å². The van der Waals surface area contributed by atoms with Gasteiger partial charge in [-0.15, -0.1) is 11.8 Å². The molecular weight excluding hydrogens is 254 g/mol. The van der Waals surface area contributed by atoms with Crippen molar-refractivity contribution in [2.45, 2.75) is 4.90 Å². The molecule has 1 heterocycles. The fraction of sp³-hybridized carbons (Fsp3) is 0.0625. The maximum atomic E-state index is 8.98. The molecule has 3 aromatic rings. The molecule has 0 N–H and O–H groups in total. The molecule has 0 amide bonds. The Morgan fingerprint density at radius 1 is 1.11 bits per heavy atom. The minimum absolute atomic E-state index is 0.649. The molecule has 19 heavy (non-hydrogen) atoms. The van der Waals surface area contributed by atoms with Crippen molar-refractivity contribution in [1.82, 2.24) is 0 Å². The van der Waals surface area contributed by atoms with Gasteiger partial charge in [0.2, 0.25) is 0 Å². The molecule has 0 bridgehead atoms. The number of fused-ring (bicyclic) bond motifs is 1. The number of nitriles is 1. The molecule has 0 saturated carbocycles. The summed E-state index contributed by atoms with van der Waals surface area (Å²) in [5.74, 6) is 0. The molecule has 0 unspecified atom stereocenters. The van der Waals surface area contributed by atoms with Gasteiger partial charge in [0.15, 0.2) is 0 Å². The van der Waals surface area contributed by atoms with Gasteiger partial charge in [0.05, 0.1) is 17.9 Å². The molecule has 0 aliphatic heterocycles. The molecule has 0 aliphatic carbocycles. The lowest BCUT2D eigenvalue weighted by Gasteiger charge is -2.00. The van der Waals surface area contributed by atoms with Crippen molar-refractivity contribution < 1.29 is 4.42 Å². The Morgan fingerprint density at radius 2 is 1.89 bits per heavy atom. The molecule has 0 spiro atoms. The second-order valence-electron chi connectivity index (χ2n) is 4.20. The van der Waals surface area contributed by atoms with E-state index in [4.69, 9.17) is 9.68 Å². The Bertz CT molecular complexity index is 766. The highest BCUT2D eigenvalue weighted by Crippen LogP contribution is 2.32. The smallest absolute Gasteiger partial charge is 0.134 e. The van der Waals surface area contributed by atoms with E-state index < -0.39 is 0 Å². The highest BCUT2D eigenvalue weighted by Gasteiger charge is 2.08. The number of rotatable bonds is 2. The van der Waals surface area contributed by atoms with Crippen LogP contribution in [-0.2, 0) is 0 Å². The van der Waals surface area contributed by atoms with E-state index in [1.54, 1.807) is 24.1 Å². The Kier molecular flexibility index (Phi) is 3.02. The number of hydrogen-bond donors (Lipinski definition) is 0. The van der Waals surface area contributed by atoms with Gasteiger partial charge in [-0.25, -0.2) is 0 Å². The summed E-state index contributed by atoms with van der Waals surface area (Å²) in [7, 11) is 0. The number of thioether (sulfide) groups is 1. The van der Waals surface area contributed by atoms with Crippen molar-refractivity contribution in [1.29, 1.82) is 5.26 Å². The van der Waals surface area contributed by atoms with Crippen molar-refractivity contribution in [2.75, 3.05) is 6.26 Å². The van der Waals surface area contributed by atoms with Gasteiger partial charge in [-0.05, 0) is 42.2 Å². The summed E-state index contributed by atoms with van der Waals surface area (Å²) in [4.78, 5) is 1.23. The van der Waals surface area contributed by atoms with E-state index in [1.807, 2.05) is 12.1 Å². The topological polar surface area (TPSA) is 36.9 Å².